The molecule has 1 rings (SSSR count). The number of amides is 3. The molecule has 0 heterocycles. The van der Waals surface area contributed by atoms with E-state index in [1.807, 2.05) is 26.8 Å². The Morgan fingerprint density at radius 1 is 0.938 bits per heavy atom. The molecule has 1 aromatic carbocycles. The van der Waals surface area contributed by atoms with Gasteiger partial charge in [0.05, 0.1) is 6.54 Å². The van der Waals surface area contributed by atoms with Crippen molar-refractivity contribution >= 4 is 23.7 Å². The van der Waals surface area contributed by atoms with Crippen molar-refractivity contribution in [2.24, 2.45) is 17.6 Å². The van der Waals surface area contributed by atoms with Crippen molar-refractivity contribution < 1.29 is 24.3 Å². The van der Waals surface area contributed by atoms with E-state index in [1.165, 1.54) is 0 Å². The Kier molecular flexibility index (Phi) is 11.4. The molecule has 0 bridgehead atoms. The summed E-state index contributed by atoms with van der Waals surface area (Å²) < 4.78 is 0. The van der Waals surface area contributed by atoms with Crippen LogP contribution in [0.5, 0.6) is 0 Å². The SMILES string of the molecule is CCC(C)C(NC(=O)C(CC(C)C)NC(=O)CN)C(=O)NC(Cc1ccccc1)C(=O)O. The van der Waals surface area contributed by atoms with Gasteiger partial charge in [-0.3, -0.25) is 14.4 Å². The van der Waals surface area contributed by atoms with Crippen LogP contribution < -0.4 is 21.7 Å². The molecule has 0 aromatic heterocycles. The van der Waals surface area contributed by atoms with Gasteiger partial charge in [-0.15, -0.1) is 0 Å². The summed E-state index contributed by atoms with van der Waals surface area (Å²) in [7, 11) is 0. The summed E-state index contributed by atoms with van der Waals surface area (Å²) in [5.74, 6) is -2.86. The first kappa shape index (κ1) is 27.1. The molecule has 0 saturated carbocycles. The van der Waals surface area contributed by atoms with Crippen LogP contribution in [0.1, 0.15) is 46.1 Å². The molecular formula is C23H36N4O5. The predicted octanol–water partition coefficient (Wildman–Crippen LogP) is 0.819. The maximum Gasteiger partial charge on any atom is 0.326 e. The van der Waals surface area contributed by atoms with Crippen molar-refractivity contribution in [3.05, 3.63) is 35.9 Å². The molecule has 1 aromatic rings. The lowest BCUT2D eigenvalue weighted by Gasteiger charge is -2.28. The van der Waals surface area contributed by atoms with Crippen LogP contribution in [-0.2, 0) is 25.6 Å². The molecule has 4 atom stereocenters. The second kappa shape index (κ2) is 13.5. The van der Waals surface area contributed by atoms with E-state index in [2.05, 4.69) is 16.0 Å². The zero-order chi connectivity index (χ0) is 24.3. The minimum Gasteiger partial charge on any atom is -0.480 e. The van der Waals surface area contributed by atoms with Gasteiger partial charge in [0.25, 0.3) is 0 Å². The van der Waals surface area contributed by atoms with E-state index in [0.29, 0.717) is 12.8 Å². The van der Waals surface area contributed by atoms with Crippen LogP contribution in [-0.4, -0.2) is 53.5 Å². The average molecular weight is 449 g/mol. The molecular weight excluding hydrogens is 412 g/mol. The lowest BCUT2D eigenvalue weighted by atomic mass is 9.96. The third-order valence-corrected chi connectivity index (χ3v) is 5.23. The highest BCUT2D eigenvalue weighted by atomic mass is 16.4. The number of benzene rings is 1. The number of carboxylic acids is 1. The first-order valence-electron chi connectivity index (χ1n) is 11.0. The van der Waals surface area contributed by atoms with Crippen LogP contribution in [0.15, 0.2) is 30.3 Å². The summed E-state index contributed by atoms with van der Waals surface area (Å²) >= 11 is 0. The quantitative estimate of drug-likeness (QED) is 0.301. The molecule has 32 heavy (non-hydrogen) atoms. The van der Waals surface area contributed by atoms with Crippen molar-refractivity contribution in [3.63, 3.8) is 0 Å². The molecule has 0 spiro atoms. The molecule has 0 saturated heterocycles. The topological polar surface area (TPSA) is 151 Å². The highest BCUT2D eigenvalue weighted by Crippen LogP contribution is 2.12. The van der Waals surface area contributed by atoms with E-state index in [9.17, 15) is 24.3 Å². The van der Waals surface area contributed by atoms with Gasteiger partial charge in [0, 0.05) is 6.42 Å². The molecule has 9 nitrogen and oxygen atoms in total. The molecule has 178 valence electrons. The van der Waals surface area contributed by atoms with Crippen LogP contribution in [0.3, 0.4) is 0 Å². The summed E-state index contributed by atoms with van der Waals surface area (Å²) in [4.78, 5) is 49.4. The van der Waals surface area contributed by atoms with Crippen LogP contribution in [0.4, 0.5) is 0 Å². The van der Waals surface area contributed by atoms with E-state index < -0.39 is 41.8 Å². The molecule has 6 N–H and O–H groups in total. The van der Waals surface area contributed by atoms with E-state index in [0.717, 1.165) is 5.56 Å². The second-order valence-corrected chi connectivity index (χ2v) is 8.41. The maximum absolute atomic E-state index is 13.0. The fourth-order valence-electron chi connectivity index (χ4n) is 3.22. The molecule has 0 radical (unpaired) electrons. The monoisotopic (exact) mass is 448 g/mol. The van der Waals surface area contributed by atoms with Gasteiger partial charge in [-0.2, -0.15) is 0 Å². The van der Waals surface area contributed by atoms with Crippen LogP contribution in [0.25, 0.3) is 0 Å². The Bertz CT molecular complexity index is 769. The number of hydrogen-bond donors (Lipinski definition) is 5. The first-order valence-corrected chi connectivity index (χ1v) is 11.0. The second-order valence-electron chi connectivity index (χ2n) is 8.41. The van der Waals surface area contributed by atoms with E-state index >= 15 is 0 Å². The van der Waals surface area contributed by atoms with Crippen molar-refractivity contribution in [1.29, 1.82) is 0 Å². The van der Waals surface area contributed by atoms with E-state index in [1.54, 1.807) is 31.2 Å². The highest BCUT2D eigenvalue weighted by molar-refractivity contribution is 5.93. The Labute approximate surface area is 189 Å². The van der Waals surface area contributed by atoms with Gasteiger partial charge in [0.15, 0.2) is 0 Å². The van der Waals surface area contributed by atoms with Crippen LogP contribution in [0, 0.1) is 11.8 Å². The zero-order valence-corrected chi connectivity index (χ0v) is 19.3. The van der Waals surface area contributed by atoms with E-state index in [4.69, 9.17) is 5.73 Å². The van der Waals surface area contributed by atoms with Gasteiger partial charge in [0.2, 0.25) is 17.7 Å². The van der Waals surface area contributed by atoms with Crippen molar-refractivity contribution in [2.45, 2.75) is 65.1 Å². The van der Waals surface area contributed by atoms with Gasteiger partial charge in [-0.25, -0.2) is 4.79 Å². The number of carbonyl (C=O) groups is 4. The van der Waals surface area contributed by atoms with Gasteiger partial charge >= 0.3 is 5.97 Å². The fourth-order valence-corrected chi connectivity index (χ4v) is 3.22. The van der Waals surface area contributed by atoms with Crippen LogP contribution >= 0.6 is 0 Å². The number of nitrogens with one attached hydrogen (secondary N) is 3. The molecule has 0 aliphatic carbocycles. The van der Waals surface area contributed by atoms with Gasteiger partial charge in [-0.05, 0) is 23.8 Å². The van der Waals surface area contributed by atoms with Crippen LogP contribution in [0.2, 0.25) is 0 Å². The third kappa shape index (κ3) is 9.05. The Morgan fingerprint density at radius 2 is 1.56 bits per heavy atom. The van der Waals surface area contributed by atoms with Gasteiger partial charge < -0.3 is 26.8 Å². The minimum atomic E-state index is -1.16. The Hall–Kier alpha value is -2.94. The molecule has 0 fully saturated rings. The maximum atomic E-state index is 13.0. The zero-order valence-electron chi connectivity index (χ0n) is 19.3. The number of nitrogens with two attached hydrogens (primary N) is 1. The average Bonchev–Trinajstić information content (AvgIpc) is 2.75. The van der Waals surface area contributed by atoms with Gasteiger partial charge in [-0.1, -0.05) is 64.4 Å². The molecule has 0 aliphatic rings. The normalized spacial score (nSPS) is 14.7. The smallest absolute Gasteiger partial charge is 0.326 e. The van der Waals surface area contributed by atoms with Crippen molar-refractivity contribution in [3.8, 4) is 0 Å². The number of carboxylic acid groups (broad SMARTS) is 1. The van der Waals surface area contributed by atoms with Crippen molar-refractivity contribution in [2.75, 3.05) is 6.54 Å². The number of hydrogen-bond acceptors (Lipinski definition) is 5. The Balaban J connectivity index is 2.98. The number of aliphatic carboxylic acids is 1. The minimum absolute atomic E-state index is 0.113. The summed E-state index contributed by atoms with van der Waals surface area (Å²) in [5.41, 5.74) is 6.12. The molecule has 0 aliphatic heterocycles. The standard InChI is InChI=1S/C23H36N4O5/c1-5-15(4)20(27-21(29)17(11-14(2)3)25-19(28)13-24)22(30)26-18(23(31)32)12-16-9-7-6-8-10-16/h6-10,14-15,17-18,20H,5,11-13,24H2,1-4H3,(H,25,28)(H,26,30)(H,27,29)(H,31,32). The summed E-state index contributed by atoms with van der Waals surface area (Å²) in [6, 6.07) is 6.05. The predicted molar refractivity (Wildman–Crippen MR) is 122 cm³/mol. The fraction of sp³-hybridized carbons (Fsp3) is 0.565. The highest BCUT2D eigenvalue weighted by Gasteiger charge is 2.32. The molecule has 9 heteroatoms. The van der Waals surface area contributed by atoms with Gasteiger partial charge in [0.1, 0.15) is 18.1 Å². The first-order chi connectivity index (χ1) is 15.1. The lowest BCUT2D eigenvalue weighted by molar-refractivity contribution is -0.142. The van der Waals surface area contributed by atoms with E-state index in [-0.39, 0.29) is 24.8 Å². The number of carbonyl (C=O) groups excluding carboxylic acids is 3. The lowest BCUT2D eigenvalue weighted by Crippen LogP contribution is -2.58. The molecule has 4 unspecified atom stereocenters. The number of rotatable bonds is 13. The summed E-state index contributed by atoms with van der Waals surface area (Å²) in [6.07, 6.45) is 1.07. The third-order valence-electron chi connectivity index (χ3n) is 5.23. The molecule has 3 amide bonds. The Morgan fingerprint density at radius 3 is 2.06 bits per heavy atom. The van der Waals surface area contributed by atoms with Crippen molar-refractivity contribution in [1.82, 2.24) is 16.0 Å². The summed E-state index contributed by atoms with van der Waals surface area (Å²) in [5, 5.41) is 17.5. The largest absolute Gasteiger partial charge is 0.480 e. The summed E-state index contributed by atoms with van der Waals surface area (Å²) in [6.45, 7) is 7.24.